The van der Waals surface area contributed by atoms with Crippen molar-refractivity contribution in [1.82, 2.24) is 5.32 Å². The van der Waals surface area contributed by atoms with Crippen LogP contribution in [-0.2, 0) is 6.42 Å². The smallest absolute Gasteiger partial charge is 0.195 e. The summed E-state index contributed by atoms with van der Waals surface area (Å²) in [6, 6.07) is 16.1. The number of anilines is 1. The lowest BCUT2D eigenvalue weighted by Crippen LogP contribution is -2.32. The lowest BCUT2D eigenvalue weighted by molar-refractivity contribution is 0.311. The number of ether oxygens (including phenoxy) is 2. The average molecular weight is 455 g/mol. The Morgan fingerprint density at radius 1 is 1.08 bits per heavy atom. The molecule has 2 aromatic rings. The third kappa shape index (κ3) is 6.81. The van der Waals surface area contributed by atoms with E-state index in [4.69, 9.17) is 9.47 Å². The number of aliphatic imine (C=N–C) groups is 1. The zero-order valence-electron chi connectivity index (χ0n) is 14.9. The van der Waals surface area contributed by atoms with Crippen LogP contribution in [0.4, 0.5) is 5.69 Å². The van der Waals surface area contributed by atoms with E-state index in [-0.39, 0.29) is 24.0 Å². The van der Waals surface area contributed by atoms with Crippen molar-refractivity contribution in [2.45, 2.75) is 13.3 Å². The molecule has 0 bridgehead atoms. The topological polar surface area (TPSA) is 54.9 Å². The van der Waals surface area contributed by atoms with E-state index in [1.165, 1.54) is 5.56 Å². The van der Waals surface area contributed by atoms with E-state index in [2.05, 4.69) is 39.9 Å². The van der Waals surface area contributed by atoms with Gasteiger partial charge < -0.3 is 20.1 Å². The highest BCUT2D eigenvalue weighted by atomic mass is 127. The first kappa shape index (κ1) is 21.1. The van der Waals surface area contributed by atoms with Gasteiger partial charge in [-0.2, -0.15) is 0 Å². The first-order valence-electron chi connectivity index (χ1n) is 8.09. The Morgan fingerprint density at radius 3 is 2.48 bits per heavy atom. The summed E-state index contributed by atoms with van der Waals surface area (Å²) < 4.78 is 10.9. The van der Waals surface area contributed by atoms with E-state index in [0.717, 1.165) is 30.4 Å². The van der Waals surface area contributed by atoms with Crippen LogP contribution in [-0.4, -0.2) is 33.3 Å². The van der Waals surface area contributed by atoms with Crippen molar-refractivity contribution in [3.05, 3.63) is 54.1 Å². The third-order valence-corrected chi connectivity index (χ3v) is 3.50. The molecule has 0 amide bonds. The number of guanidine groups is 1. The standard InChI is InChI=1S/C19H25N3O2.HI/c1-4-24-17-11-10-16(14-18(17)23-3)22-19(20-2)21-13-12-15-8-6-5-7-9-15;/h5-11,14H,4,12-13H2,1-3H3,(H2,20,21,22);1H. The van der Waals surface area contributed by atoms with Gasteiger partial charge in [0.15, 0.2) is 17.5 Å². The molecule has 2 rings (SSSR count). The maximum atomic E-state index is 5.53. The van der Waals surface area contributed by atoms with Gasteiger partial charge in [0.2, 0.25) is 0 Å². The Bertz CT molecular complexity index is 663. The number of halogens is 1. The summed E-state index contributed by atoms with van der Waals surface area (Å²) in [7, 11) is 3.39. The van der Waals surface area contributed by atoms with Crippen LogP contribution in [0, 0.1) is 0 Å². The third-order valence-electron chi connectivity index (χ3n) is 3.50. The highest BCUT2D eigenvalue weighted by molar-refractivity contribution is 14.0. The lowest BCUT2D eigenvalue weighted by Gasteiger charge is -2.14. The fraction of sp³-hybridized carbons (Fsp3) is 0.316. The van der Waals surface area contributed by atoms with Crippen LogP contribution >= 0.6 is 24.0 Å². The van der Waals surface area contributed by atoms with Gasteiger partial charge in [-0.1, -0.05) is 30.3 Å². The molecule has 0 aromatic heterocycles. The molecule has 136 valence electrons. The van der Waals surface area contributed by atoms with E-state index in [1.807, 2.05) is 31.2 Å². The van der Waals surface area contributed by atoms with E-state index in [9.17, 15) is 0 Å². The average Bonchev–Trinajstić information content (AvgIpc) is 2.63. The molecule has 0 aliphatic heterocycles. The molecule has 0 radical (unpaired) electrons. The molecule has 0 spiro atoms. The molecule has 5 nitrogen and oxygen atoms in total. The molecule has 2 N–H and O–H groups in total. The van der Waals surface area contributed by atoms with Crippen LogP contribution in [0.5, 0.6) is 11.5 Å². The van der Waals surface area contributed by atoms with Gasteiger partial charge in [0, 0.05) is 25.3 Å². The first-order chi connectivity index (χ1) is 11.8. The SMILES string of the molecule is CCOc1ccc(NC(=NC)NCCc2ccccc2)cc1OC.I. The molecule has 0 fully saturated rings. The Hall–Kier alpha value is -1.96. The Balaban J connectivity index is 0.00000312. The lowest BCUT2D eigenvalue weighted by atomic mass is 10.1. The number of benzene rings is 2. The first-order valence-corrected chi connectivity index (χ1v) is 8.09. The summed E-state index contributed by atoms with van der Waals surface area (Å²) in [6.07, 6.45) is 0.939. The van der Waals surface area contributed by atoms with E-state index >= 15 is 0 Å². The zero-order valence-corrected chi connectivity index (χ0v) is 17.2. The second-order valence-corrected chi connectivity index (χ2v) is 5.16. The fourth-order valence-corrected chi connectivity index (χ4v) is 2.31. The van der Waals surface area contributed by atoms with Gasteiger partial charge in [-0.25, -0.2) is 0 Å². The van der Waals surface area contributed by atoms with Crippen LogP contribution < -0.4 is 20.1 Å². The second-order valence-electron chi connectivity index (χ2n) is 5.16. The summed E-state index contributed by atoms with van der Waals surface area (Å²) in [5, 5.41) is 6.57. The van der Waals surface area contributed by atoms with Crippen molar-refractivity contribution in [2.75, 3.05) is 32.6 Å². The van der Waals surface area contributed by atoms with Crippen molar-refractivity contribution in [2.24, 2.45) is 4.99 Å². The molecule has 25 heavy (non-hydrogen) atoms. The largest absolute Gasteiger partial charge is 0.493 e. The zero-order chi connectivity index (χ0) is 17.2. The van der Waals surface area contributed by atoms with Crippen LogP contribution in [0.15, 0.2) is 53.5 Å². The minimum Gasteiger partial charge on any atom is -0.493 e. The Labute approximate surface area is 166 Å². The van der Waals surface area contributed by atoms with Gasteiger partial charge in [0.1, 0.15) is 0 Å². The summed E-state index contributed by atoms with van der Waals surface area (Å²) in [6.45, 7) is 3.35. The van der Waals surface area contributed by atoms with Crippen molar-refractivity contribution < 1.29 is 9.47 Å². The van der Waals surface area contributed by atoms with Crippen LogP contribution in [0.3, 0.4) is 0 Å². The van der Waals surface area contributed by atoms with Gasteiger partial charge in [0.05, 0.1) is 13.7 Å². The number of hydrogen-bond acceptors (Lipinski definition) is 3. The van der Waals surface area contributed by atoms with E-state index in [1.54, 1.807) is 14.2 Å². The predicted molar refractivity (Wildman–Crippen MR) is 115 cm³/mol. The molecule has 0 unspecified atom stereocenters. The van der Waals surface area contributed by atoms with Gasteiger partial charge in [-0.3, -0.25) is 4.99 Å². The quantitative estimate of drug-likeness (QED) is 0.377. The minimum absolute atomic E-state index is 0. The highest BCUT2D eigenvalue weighted by Crippen LogP contribution is 2.30. The number of nitrogens with zero attached hydrogens (tertiary/aromatic N) is 1. The van der Waals surface area contributed by atoms with Crippen molar-refractivity contribution in [3.8, 4) is 11.5 Å². The van der Waals surface area contributed by atoms with Crippen molar-refractivity contribution in [1.29, 1.82) is 0 Å². The summed E-state index contributed by atoms with van der Waals surface area (Å²) in [5.74, 6) is 2.15. The van der Waals surface area contributed by atoms with Crippen molar-refractivity contribution >= 4 is 35.6 Å². The maximum Gasteiger partial charge on any atom is 0.195 e. The normalized spacial score (nSPS) is 10.6. The fourth-order valence-electron chi connectivity index (χ4n) is 2.31. The number of methoxy groups -OCH3 is 1. The van der Waals surface area contributed by atoms with E-state index in [0.29, 0.717) is 12.4 Å². The summed E-state index contributed by atoms with van der Waals surface area (Å²) in [5.41, 5.74) is 2.19. The van der Waals surface area contributed by atoms with Crippen LogP contribution in [0.1, 0.15) is 12.5 Å². The molecule has 0 aliphatic carbocycles. The van der Waals surface area contributed by atoms with Crippen molar-refractivity contribution in [3.63, 3.8) is 0 Å². The molecular formula is C19H26IN3O2. The minimum atomic E-state index is 0. The number of hydrogen-bond donors (Lipinski definition) is 2. The van der Waals surface area contributed by atoms with Gasteiger partial charge >= 0.3 is 0 Å². The predicted octanol–water partition coefficient (Wildman–Crippen LogP) is 3.94. The van der Waals surface area contributed by atoms with Gasteiger partial charge in [0.25, 0.3) is 0 Å². The molecule has 0 aliphatic rings. The van der Waals surface area contributed by atoms with Crippen LogP contribution in [0.25, 0.3) is 0 Å². The molecule has 0 heterocycles. The number of nitrogens with one attached hydrogen (secondary N) is 2. The summed E-state index contributed by atoms with van der Waals surface area (Å²) in [4.78, 5) is 4.25. The van der Waals surface area contributed by atoms with Gasteiger partial charge in [-0.15, -0.1) is 24.0 Å². The molecular weight excluding hydrogens is 429 g/mol. The second kappa shape index (κ2) is 11.6. The van der Waals surface area contributed by atoms with Crippen LogP contribution in [0.2, 0.25) is 0 Å². The molecule has 0 saturated heterocycles. The number of rotatable bonds is 7. The molecule has 6 heteroatoms. The Morgan fingerprint density at radius 2 is 1.84 bits per heavy atom. The monoisotopic (exact) mass is 455 g/mol. The maximum absolute atomic E-state index is 5.53. The molecule has 0 saturated carbocycles. The molecule has 0 atom stereocenters. The highest BCUT2D eigenvalue weighted by Gasteiger charge is 2.06. The summed E-state index contributed by atoms with van der Waals surface area (Å²) >= 11 is 0. The molecule has 2 aromatic carbocycles. The van der Waals surface area contributed by atoms with Gasteiger partial charge in [-0.05, 0) is 31.0 Å². The van der Waals surface area contributed by atoms with E-state index < -0.39 is 0 Å². The Kier molecular flexibility index (Phi) is 9.76.